The number of nitrogens with zero attached hydrogens (tertiary/aromatic N) is 1. The molecule has 0 aliphatic carbocycles. The molecule has 0 aliphatic heterocycles. The molecule has 0 saturated heterocycles. The maximum Gasteiger partial charge on any atom is 0.121 e. The van der Waals surface area contributed by atoms with E-state index in [1.54, 1.807) is 0 Å². The number of para-hydroxylation sites is 2. The topological polar surface area (TPSA) is 29.6 Å². The van der Waals surface area contributed by atoms with E-state index in [1.807, 2.05) is 0 Å². The molecular formula is C20H27N2O+. The van der Waals surface area contributed by atoms with Crippen LogP contribution in [-0.4, -0.2) is 35.9 Å². The van der Waals surface area contributed by atoms with Crippen LogP contribution >= 0.6 is 0 Å². The predicted molar refractivity (Wildman–Crippen MR) is 97.0 cm³/mol. The number of nitrogens with one attached hydrogen (secondary N) is 1. The molecule has 2 N–H and O–H groups in total. The molecule has 3 nitrogen and oxygen atoms in total. The zero-order valence-corrected chi connectivity index (χ0v) is 14.1. The summed E-state index contributed by atoms with van der Waals surface area (Å²) in [6.07, 6.45) is 2.10. The van der Waals surface area contributed by atoms with Gasteiger partial charge >= 0.3 is 0 Å². The molecule has 1 unspecified atom stereocenters. The molecular weight excluding hydrogens is 284 g/mol. The van der Waals surface area contributed by atoms with E-state index in [1.165, 1.54) is 39.5 Å². The first-order chi connectivity index (χ1) is 11.2. The first-order valence-corrected chi connectivity index (χ1v) is 8.66. The van der Waals surface area contributed by atoms with Crippen molar-refractivity contribution < 1.29 is 10.0 Å². The van der Waals surface area contributed by atoms with Crippen molar-refractivity contribution in [2.45, 2.75) is 32.4 Å². The number of aromatic nitrogens is 1. The molecule has 0 aliphatic rings. The molecule has 122 valence electrons. The lowest BCUT2D eigenvalue weighted by molar-refractivity contribution is -0.883. The van der Waals surface area contributed by atoms with Gasteiger partial charge in [-0.05, 0) is 18.6 Å². The lowest BCUT2D eigenvalue weighted by atomic mass is 10.2. The van der Waals surface area contributed by atoms with Crippen molar-refractivity contribution in [3.8, 4) is 0 Å². The van der Waals surface area contributed by atoms with Gasteiger partial charge in [0.1, 0.15) is 12.6 Å². The van der Waals surface area contributed by atoms with E-state index in [0.717, 1.165) is 13.1 Å². The number of benzene rings is 2. The van der Waals surface area contributed by atoms with E-state index in [4.69, 9.17) is 0 Å². The minimum Gasteiger partial charge on any atom is -0.385 e. The number of hydrogen-bond donors (Lipinski definition) is 2. The van der Waals surface area contributed by atoms with Gasteiger partial charge in [0.2, 0.25) is 0 Å². The van der Waals surface area contributed by atoms with Gasteiger partial charge in [-0.15, -0.1) is 0 Å². The van der Waals surface area contributed by atoms with Gasteiger partial charge in [-0.25, -0.2) is 0 Å². The standard InChI is InChI=1S/C20H26N2O/c1-3-4-13-21(2)14-16(23)15-22-19-11-7-5-9-17(19)18-10-6-8-12-20(18)22/h5-12,16,23H,3-4,13-15H2,1-2H3/p+1/t16-/m1/s1. The minimum atomic E-state index is -0.328. The van der Waals surface area contributed by atoms with Crippen molar-refractivity contribution in [1.82, 2.24) is 4.57 Å². The third-order valence-corrected chi connectivity index (χ3v) is 4.61. The number of hydrogen-bond acceptors (Lipinski definition) is 1. The average molecular weight is 311 g/mol. The van der Waals surface area contributed by atoms with Crippen molar-refractivity contribution in [1.29, 1.82) is 0 Å². The molecule has 0 fully saturated rings. The fourth-order valence-corrected chi connectivity index (χ4v) is 3.46. The molecule has 2 aromatic carbocycles. The summed E-state index contributed by atoms with van der Waals surface area (Å²) >= 11 is 0. The van der Waals surface area contributed by atoms with Crippen LogP contribution in [0, 0.1) is 0 Å². The lowest BCUT2D eigenvalue weighted by Gasteiger charge is -2.19. The van der Waals surface area contributed by atoms with Crippen molar-refractivity contribution in [2.75, 3.05) is 20.1 Å². The number of aliphatic hydroxyl groups is 1. The summed E-state index contributed by atoms with van der Waals surface area (Å²) in [5.41, 5.74) is 2.41. The highest BCUT2D eigenvalue weighted by molar-refractivity contribution is 6.07. The van der Waals surface area contributed by atoms with Crippen LogP contribution in [0.1, 0.15) is 19.8 Å². The van der Waals surface area contributed by atoms with Gasteiger partial charge in [-0.2, -0.15) is 0 Å². The Morgan fingerprint density at radius 3 is 2.13 bits per heavy atom. The first-order valence-electron chi connectivity index (χ1n) is 8.66. The van der Waals surface area contributed by atoms with Crippen LogP contribution < -0.4 is 4.90 Å². The van der Waals surface area contributed by atoms with Crippen molar-refractivity contribution in [2.24, 2.45) is 0 Å². The summed E-state index contributed by atoms with van der Waals surface area (Å²) in [4.78, 5) is 1.40. The van der Waals surface area contributed by atoms with E-state index < -0.39 is 0 Å². The van der Waals surface area contributed by atoms with E-state index in [2.05, 4.69) is 67.1 Å². The number of rotatable bonds is 7. The molecule has 3 rings (SSSR count). The molecule has 0 spiro atoms. The molecule has 0 bridgehead atoms. The smallest absolute Gasteiger partial charge is 0.121 e. The Balaban J connectivity index is 1.86. The average Bonchev–Trinajstić information content (AvgIpc) is 2.88. The molecule has 3 heteroatoms. The number of likely N-dealkylation sites (N-methyl/N-ethyl adjacent to an activating group) is 1. The molecule has 0 amide bonds. The van der Waals surface area contributed by atoms with Crippen LogP contribution in [0.4, 0.5) is 0 Å². The second-order valence-electron chi connectivity index (χ2n) is 6.56. The summed E-state index contributed by atoms with van der Waals surface area (Å²) in [6.45, 7) is 4.78. The third kappa shape index (κ3) is 3.41. The Labute approximate surface area is 138 Å². The van der Waals surface area contributed by atoms with E-state index in [0.29, 0.717) is 6.54 Å². The second kappa shape index (κ2) is 7.16. The van der Waals surface area contributed by atoms with Gasteiger partial charge in [0.05, 0.1) is 20.1 Å². The molecule has 0 radical (unpaired) electrons. The van der Waals surface area contributed by atoms with Crippen molar-refractivity contribution in [3.05, 3.63) is 48.5 Å². The monoisotopic (exact) mass is 311 g/mol. The van der Waals surface area contributed by atoms with Crippen LogP contribution in [0.5, 0.6) is 0 Å². The van der Waals surface area contributed by atoms with Gasteiger partial charge in [-0.1, -0.05) is 49.7 Å². The van der Waals surface area contributed by atoms with Crippen molar-refractivity contribution in [3.63, 3.8) is 0 Å². The minimum absolute atomic E-state index is 0.328. The maximum atomic E-state index is 10.6. The van der Waals surface area contributed by atoms with Gasteiger partial charge in [0, 0.05) is 21.8 Å². The second-order valence-corrected chi connectivity index (χ2v) is 6.56. The Morgan fingerprint density at radius 1 is 1.00 bits per heavy atom. The Bertz CT molecular complexity index is 724. The van der Waals surface area contributed by atoms with Crippen LogP contribution in [-0.2, 0) is 6.54 Å². The van der Waals surface area contributed by atoms with E-state index in [9.17, 15) is 5.11 Å². The summed E-state index contributed by atoms with van der Waals surface area (Å²) in [7, 11) is 2.17. The lowest BCUT2D eigenvalue weighted by Crippen LogP contribution is -3.10. The molecule has 3 aromatic rings. The highest BCUT2D eigenvalue weighted by Gasteiger charge is 2.16. The highest BCUT2D eigenvalue weighted by Crippen LogP contribution is 2.28. The van der Waals surface area contributed by atoms with Gasteiger partial charge < -0.3 is 14.6 Å². The fraction of sp³-hybridized carbons (Fsp3) is 0.400. The molecule has 23 heavy (non-hydrogen) atoms. The fourth-order valence-electron chi connectivity index (χ4n) is 3.46. The quantitative estimate of drug-likeness (QED) is 0.690. The molecule has 0 saturated carbocycles. The molecule has 1 aromatic heterocycles. The van der Waals surface area contributed by atoms with E-state index >= 15 is 0 Å². The summed E-state index contributed by atoms with van der Waals surface area (Å²) in [5.74, 6) is 0. The predicted octanol–water partition coefficient (Wildman–Crippen LogP) is 2.47. The normalized spacial score (nSPS) is 14.4. The zero-order chi connectivity index (χ0) is 16.2. The summed E-state index contributed by atoms with van der Waals surface area (Å²) < 4.78 is 2.27. The molecule has 2 atom stereocenters. The zero-order valence-electron chi connectivity index (χ0n) is 14.1. The maximum absolute atomic E-state index is 10.6. The van der Waals surface area contributed by atoms with Crippen molar-refractivity contribution >= 4 is 21.8 Å². The Kier molecular flexibility index (Phi) is 4.99. The van der Waals surface area contributed by atoms with Gasteiger partial charge in [-0.3, -0.25) is 0 Å². The highest BCUT2D eigenvalue weighted by atomic mass is 16.3. The number of unbranched alkanes of at least 4 members (excludes halogenated alkanes) is 1. The Hall–Kier alpha value is -1.84. The third-order valence-electron chi connectivity index (χ3n) is 4.61. The number of fused-ring (bicyclic) bond motifs is 3. The Morgan fingerprint density at radius 2 is 1.57 bits per heavy atom. The summed E-state index contributed by atoms with van der Waals surface area (Å²) in [6, 6.07) is 16.9. The molecule has 1 heterocycles. The largest absolute Gasteiger partial charge is 0.385 e. The van der Waals surface area contributed by atoms with Crippen LogP contribution in [0.25, 0.3) is 21.8 Å². The van der Waals surface area contributed by atoms with Crippen LogP contribution in [0.2, 0.25) is 0 Å². The SMILES string of the molecule is CCCC[NH+](C)C[C@@H](O)Cn1c2ccccc2c2ccccc21. The number of quaternary nitrogens is 1. The van der Waals surface area contributed by atoms with Gasteiger partial charge in [0.15, 0.2) is 0 Å². The van der Waals surface area contributed by atoms with E-state index in [-0.39, 0.29) is 6.10 Å². The first kappa shape index (κ1) is 16.0. The summed E-state index contributed by atoms with van der Waals surface area (Å²) in [5, 5.41) is 13.1. The van der Waals surface area contributed by atoms with Crippen LogP contribution in [0.3, 0.4) is 0 Å². The number of aliphatic hydroxyl groups excluding tert-OH is 1. The van der Waals surface area contributed by atoms with Crippen LogP contribution in [0.15, 0.2) is 48.5 Å². The van der Waals surface area contributed by atoms with Gasteiger partial charge in [0.25, 0.3) is 0 Å².